The molecule has 0 fully saturated rings. The van der Waals surface area contributed by atoms with Crippen molar-refractivity contribution in [2.24, 2.45) is 5.14 Å². The summed E-state index contributed by atoms with van der Waals surface area (Å²) in [6.07, 6.45) is 3.66. The van der Waals surface area contributed by atoms with Crippen LogP contribution in [0.3, 0.4) is 0 Å². The Labute approximate surface area is 146 Å². The highest BCUT2D eigenvalue weighted by molar-refractivity contribution is 7.87. The second-order valence-corrected chi connectivity index (χ2v) is 6.63. The van der Waals surface area contributed by atoms with Gasteiger partial charge in [0.15, 0.2) is 11.5 Å². The van der Waals surface area contributed by atoms with Gasteiger partial charge in [0.25, 0.3) is 10.2 Å². The number of nitrogens with one attached hydrogen (secondary N) is 1. The summed E-state index contributed by atoms with van der Waals surface area (Å²) in [6.45, 7) is 0.766. The average Bonchev–Trinajstić information content (AvgIpc) is 2.58. The monoisotopic (exact) mass is 370 g/mol. The van der Waals surface area contributed by atoms with Crippen molar-refractivity contribution < 1.29 is 22.6 Å². The Morgan fingerprint density at radius 3 is 2.48 bits per heavy atom. The van der Waals surface area contributed by atoms with Crippen LogP contribution >= 0.6 is 0 Å². The molecule has 0 amide bonds. The number of unbranched alkanes of at least 4 members (excludes halogenated alkanes) is 2. The minimum Gasteiger partial charge on any atom is -0.493 e. The Morgan fingerprint density at radius 1 is 1.08 bits per heavy atom. The molecule has 2 rings (SSSR count). The molecule has 9 nitrogen and oxygen atoms in total. The van der Waals surface area contributed by atoms with Crippen molar-refractivity contribution in [1.29, 1.82) is 0 Å². The molecule has 1 aromatic heterocycles. The van der Waals surface area contributed by atoms with Gasteiger partial charge in [-0.15, -0.1) is 0 Å². The van der Waals surface area contributed by atoms with E-state index in [1.807, 2.05) is 0 Å². The maximum Gasteiger partial charge on any atom is 0.274 e. The fraction of sp³-hybridized carbons (Fsp3) is 0.467. The zero-order valence-corrected chi connectivity index (χ0v) is 15.0. The molecule has 0 aliphatic carbocycles. The van der Waals surface area contributed by atoms with Gasteiger partial charge in [0.2, 0.25) is 5.88 Å². The summed E-state index contributed by atoms with van der Waals surface area (Å²) in [7, 11) is -0.495. The Bertz CT molecular complexity index is 813. The van der Waals surface area contributed by atoms with Crippen molar-refractivity contribution in [3.05, 3.63) is 18.5 Å². The smallest absolute Gasteiger partial charge is 0.274 e. The van der Waals surface area contributed by atoms with Gasteiger partial charge in [0.05, 0.1) is 31.7 Å². The largest absolute Gasteiger partial charge is 0.493 e. The van der Waals surface area contributed by atoms with E-state index in [1.54, 1.807) is 26.4 Å². The van der Waals surface area contributed by atoms with Crippen LogP contribution in [0.2, 0.25) is 0 Å². The third-order valence-electron chi connectivity index (χ3n) is 3.47. The number of hydrogen-bond donors (Lipinski definition) is 2. The van der Waals surface area contributed by atoms with Gasteiger partial charge in [-0.05, 0) is 25.3 Å². The first kappa shape index (κ1) is 19.2. The third kappa shape index (κ3) is 5.69. The molecule has 0 saturated carbocycles. The molecule has 0 unspecified atom stereocenters. The first-order valence-corrected chi connectivity index (χ1v) is 9.26. The average molecular weight is 370 g/mol. The highest BCUT2D eigenvalue weighted by Gasteiger charge is 2.11. The van der Waals surface area contributed by atoms with Crippen LogP contribution in [0, 0.1) is 0 Å². The van der Waals surface area contributed by atoms with E-state index in [-0.39, 0.29) is 0 Å². The summed E-state index contributed by atoms with van der Waals surface area (Å²) in [4.78, 5) is 8.38. The number of nitrogens with zero attached hydrogens (tertiary/aromatic N) is 2. The van der Waals surface area contributed by atoms with Crippen molar-refractivity contribution in [2.75, 3.05) is 27.4 Å². The normalized spacial score (nSPS) is 11.5. The van der Waals surface area contributed by atoms with Crippen molar-refractivity contribution >= 4 is 21.1 Å². The van der Waals surface area contributed by atoms with Crippen LogP contribution in [0.1, 0.15) is 19.3 Å². The third-order valence-corrected chi connectivity index (χ3v) is 4.07. The number of aromatic nitrogens is 2. The molecule has 25 heavy (non-hydrogen) atoms. The number of nitrogens with two attached hydrogens (primary N) is 1. The first-order valence-electron chi connectivity index (χ1n) is 7.71. The van der Waals surface area contributed by atoms with Crippen molar-refractivity contribution in [3.8, 4) is 17.4 Å². The summed E-state index contributed by atoms with van der Waals surface area (Å²) in [5.41, 5.74) is 0.694. The van der Waals surface area contributed by atoms with Crippen LogP contribution in [0.5, 0.6) is 17.4 Å². The van der Waals surface area contributed by atoms with Gasteiger partial charge >= 0.3 is 0 Å². The molecule has 138 valence electrons. The highest BCUT2D eigenvalue weighted by Crippen LogP contribution is 2.34. The number of fused-ring (bicyclic) bond motifs is 1. The number of hydrogen-bond acceptors (Lipinski definition) is 7. The summed E-state index contributed by atoms with van der Waals surface area (Å²) in [5.74, 6) is 1.62. The van der Waals surface area contributed by atoms with Crippen molar-refractivity contribution in [3.63, 3.8) is 0 Å². The number of rotatable bonds is 10. The standard InChI is InChI=1S/C15H22N4O5S/c1-22-13-8-11-12(9-14(13)23-2)17-10-18-15(11)24-7-5-3-4-6-19-25(16,20)21/h8-10,19H,3-7H2,1-2H3,(H2,16,20,21). The van der Waals surface area contributed by atoms with Crippen LogP contribution in [0.15, 0.2) is 18.5 Å². The molecule has 3 N–H and O–H groups in total. The fourth-order valence-electron chi connectivity index (χ4n) is 2.26. The van der Waals surface area contributed by atoms with E-state index in [0.717, 1.165) is 18.2 Å². The van der Waals surface area contributed by atoms with Crippen molar-refractivity contribution in [2.45, 2.75) is 19.3 Å². The quantitative estimate of drug-likeness (QED) is 0.597. The molecule has 0 saturated heterocycles. The lowest BCUT2D eigenvalue weighted by Gasteiger charge is -2.11. The second-order valence-electron chi connectivity index (χ2n) is 5.25. The van der Waals surface area contributed by atoms with E-state index < -0.39 is 10.2 Å². The molecule has 0 spiro atoms. The molecule has 1 heterocycles. The van der Waals surface area contributed by atoms with Crippen LogP contribution in [0.25, 0.3) is 10.9 Å². The molecule has 0 atom stereocenters. The van der Waals surface area contributed by atoms with Gasteiger partial charge in [-0.3, -0.25) is 0 Å². The van der Waals surface area contributed by atoms with Gasteiger partial charge in [0, 0.05) is 12.6 Å². The van der Waals surface area contributed by atoms with Crippen LogP contribution in [0.4, 0.5) is 0 Å². The minimum atomic E-state index is -3.62. The summed E-state index contributed by atoms with van der Waals surface area (Å²) >= 11 is 0. The second kappa shape index (κ2) is 8.79. The van der Waals surface area contributed by atoms with E-state index >= 15 is 0 Å². The number of methoxy groups -OCH3 is 2. The fourth-order valence-corrected chi connectivity index (χ4v) is 2.69. The molecule has 10 heteroatoms. The number of ether oxygens (including phenoxy) is 3. The Morgan fingerprint density at radius 2 is 1.80 bits per heavy atom. The molecule has 0 aliphatic rings. The van der Waals surface area contributed by atoms with E-state index in [4.69, 9.17) is 19.3 Å². The summed E-state index contributed by atoms with van der Waals surface area (Å²) < 4.78 is 40.0. The zero-order valence-electron chi connectivity index (χ0n) is 14.2. The summed E-state index contributed by atoms with van der Waals surface area (Å²) in [6, 6.07) is 3.54. The van der Waals surface area contributed by atoms with E-state index in [0.29, 0.717) is 42.5 Å². The lowest BCUT2D eigenvalue weighted by atomic mass is 10.2. The molecule has 2 aromatic rings. The maximum atomic E-state index is 10.7. The predicted octanol–water partition coefficient (Wildman–Crippen LogP) is 0.989. The lowest BCUT2D eigenvalue weighted by molar-refractivity contribution is 0.297. The predicted molar refractivity (Wildman–Crippen MR) is 93.1 cm³/mol. The van der Waals surface area contributed by atoms with Crippen LogP contribution in [-0.4, -0.2) is 45.8 Å². The van der Waals surface area contributed by atoms with Gasteiger partial charge in [-0.1, -0.05) is 0 Å². The molecular weight excluding hydrogens is 348 g/mol. The Kier molecular flexibility index (Phi) is 6.73. The number of benzene rings is 1. The Hall–Kier alpha value is -2.17. The molecule has 0 radical (unpaired) electrons. The van der Waals surface area contributed by atoms with Gasteiger partial charge in [0.1, 0.15) is 6.33 Å². The van der Waals surface area contributed by atoms with E-state index in [1.165, 1.54) is 6.33 Å². The lowest BCUT2D eigenvalue weighted by Crippen LogP contribution is -2.31. The SMILES string of the molecule is COc1cc2ncnc(OCCCCCNS(N)(=O)=O)c2cc1OC. The van der Waals surface area contributed by atoms with Crippen LogP contribution in [-0.2, 0) is 10.2 Å². The van der Waals surface area contributed by atoms with Crippen molar-refractivity contribution in [1.82, 2.24) is 14.7 Å². The molecule has 0 aliphatic heterocycles. The molecular formula is C15H22N4O5S. The molecule has 0 bridgehead atoms. The maximum absolute atomic E-state index is 10.7. The Balaban J connectivity index is 1.93. The van der Waals surface area contributed by atoms with E-state index in [9.17, 15) is 8.42 Å². The van der Waals surface area contributed by atoms with E-state index in [2.05, 4.69) is 14.7 Å². The topological polar surface area (TPSA) is 126 Å². The van der Waals surface area contributed by atoms with Gasteiger partial charge < -0.3 is 14.2 Å². The highest BCUT2D eigenvalue weighted by atomic mass is 32.2. The summed E-state index contributed by atoms with van der Waals surface area (Å²) in [5, 5.41) is 5.59. The van der Waals surface area contributed by atoms with Gasteiger partial charge in [-0.25, -0.2) is 19.8 Å². The van der Waals surface area contributed by atoms with Gasteiger partial charge in [-0.2, -0.15) is 8.42 Å². The minimum absolute atomic E-state index is 0.312. The molecule has 1 aromatic carbocycles. The first-order chi connectivity index (χ1) is 11.9. The zero-order chi connectivity index (χ0) is 18.3. The van der Waals surface area contributed by atoms with Crippen LogP contribution < -0.4 is 24.1 Å².